The lowest BCUT2D eigenvalue weighted by Crippen LogP contribution is -2.17. The Morgan fingerprint density at radius 2 is 1.17 bits per heavy atom. The first-order valence-electron chi connectivity index (χ1n) is 8.07. The van der Waals surface area contributed by atoms with Crippen LogP contribution in [0.3, 0.4) is 0 Å². The summed E-state index contributed by atoms with van der Waals surface area (Å²) in [5.41, 5.74) is 7.10. The first-order valence-corrected chi connectivity index (χ1v) is 9.60. The van der Waals surface area contributed by atoms with Crippen molar-refractivity contribution in [3.63, 3.8) is 0 Å². The summed E-state index contributed by atoms with van der Waals surface area (Å²) < 4.78 is 0. The fraction of sp³-hybridized carbons (Fsp3) is 0.0952. The Bertz CT molecular complexity index is 731. The zero-order chi connectivity index (χ0) is 16.6. The van der Waals surface area contributed by atoms with Gasteiger partial charge in [0.1, 0.15) is 5.84 Å². The van der Waals surface area contributed by atoms with E-state index >= 15 is 0 Å². The summed E-state index contributed by atoms with van der Waals surface area (Å²) in [5.74, 6) is 0.617. The number of rotatable bonds is 6. The molecule has 0 unspecified atom stereocenters. The number of nitrogens with two attached hydrogens (primary N) is 1. The molecule has 2 nitrogen and oxygen atoms in total. The van der Waals surface area contributed by atoms with Crippen LogP contribution in [-0.2, 0) is 0 Å². The Kier molecular flexibility index (Phi) is 5.76. The van der Waals surface area contributed by atoms with E-state index in [9.17, 15) is 0 Å². The molecule has 2 N–H and O–H groups in total. The number of amidine groups is 1. The van der Waals surface area contributed by atoms with Gasteiger partial charge in [-0.25, -0.2) is 0 Å². The number of hydrogen-bond acceptors (Lipinski definition) is 1. The summed E-state index contributed by atoms with van der Waals surface area (Å²) >= 11 is 0. The van der Waals surface area contributed by atoms with Crippen molar-refractivity contribution in [2.75, 3.05) is 12.7 Å². The molecule has 0 aliphatic carbocycles. The van der Waals surface area contributed by atoms with Gasteiger partial charge in [0.25, 0.3) is 0 Å². The normalized spacial score (nSPS) is 11.6. The van der Waals surface area contributed by atoms with E-state index in [-0.39, 0.29) is 0 Å². The fourth-order valence-corrected chi connectivity index (χ4v) is 4.77. The average Bonchev–Trinajstić information content (AvgIpc) is 2.67. The fourth-order valence-electron chi connectivity index (χ4n) is 2.59. The van der Waals surface area contributed by atoms with Gasteiger partial charge in [0.2, 0.25) is 0 Å². The highest BCUT2D eigenvalue weighted by atomic mass is 31.1. The van der Waals surface area contributed by atoms with Crippen molar-refractivity contribution >= 4 is 24.4 Å². The molecule has 3 aromatic rings. The minimum Gasteiger partial charge on any atom is -0.384 e. The summed E-state index contributed by atoms with van der Waals surface area (Å²) in [4.78, 5) is 4.60. The van der Waals surface area contributed by atoms with Crippen molar-refractivity contribution in [1.29, 1.82) is 0 Å². The molecule has 24 heavy (non-hydrogen) atoms. The molecule has 0 amide bonds. The van der Waals surface area contributed by atoms with Gasteiger partial charge in [-0.3, -0.25) is 4.99 Å². The van der Waals surface area contributed by atoms with E-state index in [1.807, 2.05) is 30.3 Å². The largest absolute Gasteiger partial charge is 0.384 e. The first-order chi connectivity index (χ1) is 11.8. The molecule has 3 heteroatoms. The van der Waals surface area contributed by atoms with E-state index in [1.165, 1.54) is 10.6 Å². The van der Waals surface area contributed by atoms with Crippen LogP contribution in [-0.4, -0.2) is 18.5 Å². The molecule has 0 saturated heterocycles. The SMILES string of the molecule is N/C(=N/CCP(c1ccccc1)c1ccccc1)c1ccccc1. The lowest BCUT2D eigenvalue weighted by Gasteiger charge is -2.17. The molecule has 0 fully saturated rings. The Hall–Kier alpha value is -2.44. The third-order valence-corrected chi connectivity index (χ3v) is 6.30. The molecule has 120 valence electrons. The molecule has 0 heterocycles. The summed E-state index contributed by atoms with van der Waals surface area (Å²) in [6, 6.07) is 31.3. The van der Waals surface area contributed by atoms with Crippen LogP contribution in [0, 0.1) is 0 Å². The lowest BCUT2D eigenvalue weighted by atomic mass is 10.2. The molecule has 3 rings (SSSR count). The van der Waals surface area contributed by atoms with Gasteiger partial charge < -0.3 is 5.73 Å². The number of hydrogen-bond donors (Lipinski definition) is 1. The van der Waals surface area contributed by atoms with Crippen molar-refractivity contribution in [3.05, 3.63) is 96.6 Å². The zero-order valence-electron chi connectivity index (χ0n) is 13.5. The maximum Gasteiger partial charge on any atom is 0.125 e. The minimum absolute atomic E-state index is 0.413. The number of benzene rings is 3. The third-order valence-electron chi connectivity index (χ3n) is 3.81. The maximum atomic E-state index is 6.12. The van der Waals surface area contributed by atoms with Crippen molar-refractivity contribution in [2.45, 2.75) is 0 Å². The van der Waals surface area contributed by atoms with Gasteiger partial charge in [0, 0.05) is 12.1 Å². The van der Waals surface area contributed by atoms with Crippen molar-refractivity contribution in [1.82, 2.24) is 0 Å². The smallest absolute Gasteiger partial charge is 0.125 e. The highest BCUT2D eigenvalue weighted by molar-refractivity contribution is 7.73. The Labute approximate surface area is 144 Å². The molecule has 0 atom stereocenters. The van der Waals surface area contributed by atoms with E-state index in [0.717, 1.165) is 18.3 Å². The number of aliphatic imine (C=N–C) groups is 1. The molecule has 0 radical (unpaired) electrons. The summed E-state index contributed by atoms with van der Waals surface area (Å²) in [7, 11) is -0.413. The molecule has 0 aliphatic heterocycles. The minimum atomic E-state index is -0.413. The topological polar surface area (TPSA) is 38.4 Å². The molecule has 0 aromatic heterocycles. The van der Waals surface area contributed by atoms with Crippen LogP contribution in [0.1, 0.15) is 5.56 Å². The second-order valence-electron chi connectivity index (χ2n) is 5.46. The van der Waals surface area contributed by atoms with Gasteiger partial charge in [-0.2, -0.15) is 0 Å². The molecular formula is C21H21N2P. The second kappa shape index (κ2) is 8.42. The lowest BCUT2D eigenvalue weighted by molar-refractivity contribution is 1.13. The Morgan fingerprint density at radius 3 is 1.67 bits per heavy atom. The van der Waals surface area contributed by atoms with E-state index in [2.05, 4.69) is 65.7 Å². The number of nitrogens with zero attached hydrogens (tertiary/aromatic N) is 1. The monoisotopic (exact) mass is 332 g/mol. The van der Waals surface area contributed by atoms with Crippen molar-refractivity contribution in [2.24, 2.45) is 10.7 Å². The van der Waals surface area contributed by atoms with Crippen LogP contribution in [0.15, 0.2) is 96.0 Å². The van der Waals surface area contributed by atoms with Gasteiger partial charge in [-0.15, -0.1) is 0 Å². The van der Waals surface area contributed by atoms with Crippen LogP contribution in [0.2, 0.25) is 0 Å². The van der Waals surface area contributed by atoms with Crippen LogP contribution < -0.4 is 16.3 Å². The van der Waals surface area contributed by atoms with E-state index in [4.69, 9.17) is 5.73 Å². The quantitative estimate of drug-likeness (QED) is 0.419. The van der Waals surface area contributed by atoms with Crippen LogP contribution in [0.25, 0.3) is 0 Å². The predicted molar refractivity (Wildman–Crippen MR) is 106 cm³/mol. The molecule has 0 saturated carbocycles. The van der Waals surface area contributed by atoms with Crippen molar-refractivity contribution in [3.8, 4) is 0 Å². The van der Waals surface area contributed by atoms with Gasteiger partial charge >= 0.3 is 0 Å². The van der Waals surface area contributed by atoms with E-state index in [1.54, 1.807) is 0 Å². The highest BCUT2D eigenvalue weighted by Gasteiger charge is 2.12. The van der Waals surface area contributed by atoms with E-state index < -0.39 is 7.92 Å². The summed E-state index contributed by atoms with van der Waals surface area (Å²) in [6.45, 7) is 0.732. The standard InChI is InChI=1S/C21H21N2P/c22-21(18-10-4-1-5-11-18)23-16-17-24(19-12-6-2-7-13-19)20-14-8-3-9-15-20/h1-15H,16-17H2,(H2,22,23). The van der Waals surface area contributed by atoms with Crippen LogP contribution in [0.4, 0.5) is 0 Å². The van der Waals surface area contributed by atoms with Crippen LogP contribution in [0.5, 0.6) is 0 Å². The first kappa shape index (κ1) is 16.4. The molecule has 0 spiro atoms. The van der Waals surface area contributed by atoms with Gasteiger partial charge in [-0.1, -0.05) is 91.0 Å². The van der Waals surface area contributed by atoms with Crippen molar-refractivity contribution < 1.29 is 0 Å². The van der Waals surface area contributed by atoms with Gasteiger partial charge in [-0.05, 0) is 24.7 Å². The molecule has 3 aromatic carbocycles. The van der Waals surface area contributed by atoms with Crippen LogP contribution >= 0.6 is 7.92 Å². The Morgan fingerprint density at radius 1 is 0.708 bits per heavy atom. The molecule has 0 bridgehead atoms. The maximum absolute atomic E-state index is 6.12. The van der Waals surface area contributed by atoms with Gasteiger partial charge in [0.15, 0.2) is 0 Å². The van der Waals surface area contributed by atoms with Gasteiger partial charge in [0.05, 0.1) is 0 Å². The zero-order valence-corrected chi connectivity index (χ0v) is 14.4. The summed E-state index contributed by atoms with van der Waals surface area (Å²) in [5, 5.41) is 2.76. The summed E-state index contributed by atoms with van der Waals surface area (Å²) in [6.07, 6.45) is 0.997. The molecule has 0 aliphatic rings. The highest BCUT2D eigenvalue weighted by Crippen LogP contribution is 2.32. The average molecular weight is 332 g/mol. The third kappa shape index (κ3) is 4.31. The molecular weight excluding hydrogens is 311 g/mol. The predicted octanol–water partition coefficient (Wildman–Crippen LogP) is 3.52. The Balaban J connectivity index is 1.76. The second-order valence-corrected chi connectivity index (χ2v) is 7.79. The van der Waals surface area contributed by atoms with E-state index in [0.29, 0.717) is 5.84 Å².